The molecule has 1 amide bonds. The molecule has 0 fully saturated rings. The van der Waals surface area contributed by atoms with Gasteiger partial charge < -0.3 is 15.2 Å². The zero-order chi connectivity index (χ0) is 11.3. The first-order chi connectivity index (χ1) is 7.16. The zero-order valence-electron chi connectivity index (χ0n) is 8.44. The highest BCUT2D eigenvalue weighted by Crippen LogP contribution is 2.25. The summed E-state index contributed by atoms with van der Waals surface area (Å²) < 4.78 is 0. The summed E-state index contributed by atoms with van der Waals surface area (Å²) in [7, 11) is 0. The zero-order valence-corrected chi connectivity index (χ0v) is 8.44. The molecule has 4 nitrogen and oxygen atoms in total. The number of carbonyl (C=O) groups excluding carboxylic acids is 2. The molecule has 1 N–H and O–H groups in total. The predicted octanol–water partition coefficient (Wildman–Crippen LogP) is -0.379. The molecular weight excluding hydrogens is 194 g/mol. The lowest BCUT2D eigenvalue weighted by molar-refractivity contribution is -0.313. The van der Waals surface area contributed by atoms with E-state index in [0.29, 0.717) is 19.4 Å². The van der Waals surface area contributed by atoms with E-state index in [9.17, 15) is 14.7 Å². The van der Waals surface area contributed by atoms with Crippen LogP contribution in [0.2, 0.25) is 0 Å². The summed E-state index contributed by atoms with van der Waals surface area (Å²) in [5, 5.41) is 13.4. The van der Waals surface area contributed by atoms with Gasteiger partial charge in [0.1, 0.15) is 0 Å². The maximum absolute atomic E-state index is 11.6. The monoisotopic (exact) mass is 208 g/mol. The molecule has 0 aliphatic heterocycles. The minimum atomic E-state index is -1.15. The molecule has 0 saturated heterocycles. The van der Waals surface area contributed by atoms with Gasteiger partial charge in [0.05, 0.1) is 0 Å². The number of allylic oxidation sites excluding steroid dienone is 2. The van der Waals surface area contributed by atoms with Gasteiger partial charge in [-0.15, -0.1) is 6.58 Å². The molecule has 0 aromatic rings. The number of carboxylic acids is 1. The Morgan fingerprint density at radius 1 is 1.40 bits per heavy atom. The standard InChI is InChI=1S/C11H15NO3/c1-2-7-12-10(13)8-5-3-4-6-9(8)11(14)15/h2-4,8-9H,1,5-7H2,(H,12,13)(H,14,15)/p-1/t8-,9-/m1/s1. The second-order valence-electron chi connectivity index (χ2n) is 3.51. The summed E-state index contributed by atoms with van der Waals surface area (Å²) in [6.07, 6.45) is 6.00. The van der Waals surface area contributed by atoms with E-state index in [-0.39, 0.29) is 5.91 Å². The summed E-state index contributed by atoms with van der Waals surface area (Å²) in [4.78, 5) is 22.4. The SMILES string of the molecule is C=CCNC(=O)[C@@H]1CC=CC[C@H]1C(=O)[O-]. The van der Waals surface area contributed by atoms with Gasteiger partial charge in [-0.25, -0.2) is 0 Å². The maximum Gasteiger partial charge on any atom is 0.224 e. The van der Waals surface area contributed by atoms with Crippen molar-refractivity contribution in [2.24, 2.45) is 11.8 Å². The fraction of sp³-hybridized carbons (Fsp3) is 0.455. The third-order valence-electron chi connectivity index (χ3n) is 2.49. The number of hydrogen-bond acceptors (Lipinski definition) is 3. The van der Waals surface area contributed by atoms with Crippen LogP contribution in [0.3, 0.4) is 0 Å². The van der Waals surface area contributed by atoms with Crippen LogP contribution in [0, 0.1) is 11.8 Å². The van der Waals surface area contributed by atoms with Crippen LogP contribution in [0.4, 0.5) is 0 Å². The molecule has 0 aromatic heterocycles. The van der Waals surface area contributed by atoms with Gasteiger partial charge in [0.15, 0.2) is 0 Å². The summed E-state index contributed by atoms with van der Waals surface area (Å²) >= 11 is 0. The normalized spacial score (nSPS) is 24.5. The van der Waals surface area contributed by atoms with Gasteiger partial charge in [-0.2, -0.15) is 0 Å². The molecule has 15 heavy (non-hydrogen) atoms. The van der Waals surface area contributed by atoms with E-state index in [4.69, 9.17) is 0 Å². The molecule has 0 spiro atoms. The molecule has 1 aliphatic carbocycles. The quantitative estimate of drug-likeness (QED) is 0.640. The van der Waals surface area contributed by atoms with Crippen LogP contribution < -0.4 is 10.4 Å². The average molecular weight is 208 g/mol. The second kappa shape index (κ2) is 5.34. The largest absolute Gasteiger partial charge is 0.550 e. The van der Waals surface area contributed by atoms with E-state index in [1.165, 1.54) is 0 Å². The van der Waals surface area contributed by atoms with Crippen molar-refractivity contribution in [2.45, 2.75) is 12.8 Å². The highest BCUT2D eigenvalue weighted by molar-refractivity contribution is 5.84. The lowest BCUT2D eigenvalue weighted by atomic mass is 9.82. The van der Waals surface area contributed by atoms with Crippen LogP contribution in [0.5, 0.6) is 0 Å². The third kappa shape index (κ3) is 2.94. The molecule has 0 bridgehead atoms. The summed E-state index contributed by atoms with van der Waals surface area (Å²) in [6, 6.07) is 0. The molecule has 82 valence electrons. The first-order valence-electron chi connectivity index (χ1n) is 4.91. The number of hydrogen-bond donors (Lipinski definition) is 1. The fourth-order valence-corrected chi connectivity index (χ4v) is 1.67. The van der Waals surface area contributed by atoms with Crippen LogP contribution in [0.1, 0.15) is 12.8 Å². The van der Waals surface area contributed by atoms with Crippen molar-refractivity contribution in [2.75, 3.05) is 6.54 Å². The van der Waals surface area contributed by atoms with Gasteiger partial charge in [0.25, 0.3) is 0 Å². The molecular formula is C11H14NO3-. The fourth-order valence-electron chi connectivity index (χ4n) is 1.67. The number of aliphatic carboxylic acids is 1. The van der Waals surface area contributed by atoms with Crippen molar-refractivity contribution >= 4 is 11.9 Å². The van der Waals surface area contributed by atoms with Crippen LogP contribution >= 0.6 is 0 Å². The summed E-state index contributed by atoms with van der Waals surface area (Å²) in [6.45, 7) is 3.83. The third-order valence-corrected chi connectivity index (χ3v) is 2.49. The average Bonchev–Trinajstić information content (AvgIpc) is 2.25. The Balaban J connectivity index is 2.64. The molecule has 0 unspecified atom stereocenters. The van der Waals surface area contributed by atoms with E-state index in [2.05, 4.69) is 11.9 Å². The first kappa shape index (κ1) is 11.5. The van der Waals surface area contributed by atoms with Crippen molar-refractivity contribution in [3.8, 4) is 0 Å². The van der Waals surface area contributed by atoms with Gasteiger partial charge in [-0.05, 0) is 12.8 Å². The van der Waals surface area contributed by atoms with E-state index in [1.54, 1.807) is 12.2 Å². The molecule has 0 radical (unpaired) electrons. The van der Waals surface area contributed by atoms with Gasteiger partial charge in [0.2, 0.25) is 5.91 Å². The van der Waals surface area contributed by atoms with Crippen molar-refractivity contribution in [3.05, 3.63) is 24.8 Å². The Morgan fingerprint density at radius 2 is 2.00 bits per heavy atom. The topological polar surface area (TPSA) is 69.2 Å². The first-order valence-corrected chi connectivity index (χ1v) is 4.91. The Labute approximate surface area is 88.7 Å². The van der Waals surface area contributed by atoms with Crippen LogP contribution in [0.25, 0.3) is 0 Å². The molecule has 4 heteroatoms. The predicted molar refractivity (Wildman–Crippen MR) is 53.6 cm³/mol. The Bertz CT molecular complexity index is 296. The van der Waals surface area contributed by atoms with E-state index >= 15 is 0 Å². The smallest absolute Gasteiger partial charge is 0.224 e. The Hall–Kier alpha value is -1.58. The molecule has 0 saturated carbocycles. The molecule has 0 heterocycles. The number of carbonyl (C=O) groups is 2. The van der Waals surface area contributed by atoms with E-state index < -0.39 is 17.8 Å². The van der Waals surface area contributed by atoms with E-state index in [1.807, 2.05) is 6.08 Å². The number of carboxylic acid groups (broad SMARTS) is 1. The van der Waals surface area contributed by atoms with Crippen LogP contribution in [-0.4, -0.2) is 18.4 Å². The highest BCUT2D eigenvalue weighted by Gasteiger charge is 2.29. The molecule has 1 aliphatic rings. The number of rotatable bonds is 4. The molecule has 2 atom stereocenters. The summed E-state index contributed by atoms with van der Waals surface area (Å²) in [5.41, 5.74) is 0. The lowest BCUT2D eigenvalue weighted by Gasteiger charge is -2.27. The molecule has 0 aromatic carbocycles. The van der Waals surface area contributed by atoms with Gasteiger partial charge in [-0.3, -0.25) is 4.79 Å². The van der Waals surface area contributed by atoms with Crippen molar-refractivity contribution < 1.29 is 14.7 Å². The van der Waals surface area contributed by atoms with Crippen molar-refractivity contribution in [1.29, 1.82) is 0 Å². The summed E-state index contributed by atoms with van der Waals surface area (Å²) in [5.74, 6) is -2.62. The lowest BCUT2D eigenvalue weighted by Crippen LogP contribution is -2.43. The van der Waals surface area contributed by atoms with Crippen molar-refractivity contribution in [1.82, 2.24) is 5.32 Å². The number of nitrogens with one attached hydrogen (secondary N) is 1. The highest BCUT2D eigenvalue weighted by atomic mass is 16.4. The van der Waals surface area contributed by atoms with Crippen molar-refractivity contribution in [3.63, 3.8) is 0 Å². The maximum atomic E-state index is 11.6. The van der Waals surface area contributed by atoms with Crippen LogP contribution in [-0.2, 0) is 9.59 Å². The van der Waals surface area contributed by atoms with Gasteiger partial charge in [-0.1, -0.05) is 18.2 Å². The Morgan fingerprint density at radius 3 is 2.53 bits per heavy atom. The van der Waals surface area contributed by atoms with Gasteiger partial charge in [0, 0.05) is 24.3 Å². The molecule has 1 rings (SSSR count). The minimum Gasteiger partial charge on any atom is -0.550 e. The van der Waals surface area contributed by atoms with E-state index in [0.717, 1.165) is 0 Å². The van der Waals surface area contributed by atoms with Crippen LogP contribution in [0.15, 0.2) is 24.8 Å². The van der Waals surface area contributed by atoms with Gasteiger partial charge >= 0.3 is 0 Å². The Kier molecular flexibility index (Phi) is 4.09. The second-order valence-corrected chi connectivity index (χ2v) is 3.51. The number of amides is 1. The minimum absolute atomic E-state index is 0.242.